The van der Waals surface area contributed by atoms with Gasteiger partial charge in [-0.05, 0) is 18.2 Å². The largest absolute Gasteiger partial charge is 0.384 e. The first-order chi connectivity index (χ1) is 8.81. The van der Waals surface area contributed by atoms with Gasteiger partial charge in [-0.25, -0.2) is 12.8 Å². The lowest BCUT2D eigenvalue weighted by Gasteiger charge is -2.05. The Labute approximate surface area is 110 Å². The van der Waals surface area contributed by atoms with Gasteiger partial charge in [0.2, 0.25) is 5.91 Å². The van der Waals surface area contributed by atoms with Crippen LogP contribution in [0.15, 0.2) is 18.2 Å². The number of sulfone groups is 1. The summed E-state index contributed by atoms with van der Waals surface area (Å²) in [5, 5.41) is 10.9. The Bertz CT molecular complexity index is 643. The summed E-state index contributed by atoms with van der Waals surface area (Å²) < 4.78 is 35.2. The van der Waals surface area contributed by atoms with E-state index in [-0.39, 0.29) is 11.3 Å². The number of hydrogen-bond acceptors (Lipinski definition) is 4. The summed E-state index contributed by atoms with van der Waals surface area (Å²) in [5.41, 5.74) is 0.239. The van der Waals surface area contributed by atoms with E-state index in [0.29, 0.717) is 0 Å². The topological polar surface area (TPSA) is 83.5 Å². The predicted octanol–water partition coefficient (Wildman–Crippen LogP) is 0.153. The van der Waals surface area contributed by atoms with Crippen LogP contribution in [0.4, 0.5) is 10.1 Å². The SMILES string of the molecule is CS(=O)(=O)CC(=O)Nc1ccc(F)c(C#CCO)c1. The van der Waals surface area contributed by atoms with Gasteiger partial charge in [-0.3, -0.25) is 4.79 Å². The summed E-state index contributed by atoms with van der Waals surface area (Å²) in [5.74, 6) is 2.70. The lowest BCUT2D eigenvalue weighted by Crippen LogP contribution is -2.21. The van der Waals surface area contributed by atoms with Crippen LogP contribution in [0, 0.1) is 17.7 Å². The van der Waals surface area contributed by atoms with Crippen molar-refractivity contribution < 1.29 is 22.7 Å². The highest BCUT2D eigenvalue weighted by Gasteiger charge is 2.11. The van der Waals surface area contributed by atoms with Gasteiger partial charge in [0.1, 0.15) is 18.2 Å². The van der Waals surface area contributed by atoms with Crippen molar-refractivity contribution in [3.8, 4) is 11.8 Å². The van der Waals surface area contributed by atoms with Crippen molar-refractivity contribution in [2.45, 2.75) is 0 Å². The fourth-order valence-electron chi connectivity index (χ4n) is 1.27. The van der Waals surface area contributed by atoms with Crippen LogP contribution in [-0.4, -0.2) is 38.0 Å². The summed E-state index contributed by atoms with van der Waals surface area (Å²) in [6.45, 7) is -0.413. The van der Waals surface area contributed by atoms with Gasteiger partial charge in [0.15, 0.2) is 9.84 Å². The molecule has 7 heteroatoms. The minimum absolute atomic E-state index is 0.00575. The number of nitrogens with one attached hydrogen (secondary N) is 1. The van der Waals surface area contributed by atoms with Crippen LogP contribution >= 0.6 is 0 Å². The molecule has 0 aliphatic heterocycles. The van der Waals surface area contributed by atoms with Crippen molar-refractivity contribution in [3.05, 3.63) is 29.6 Å². The Kier molecular flexibility index (Phi) is 5.03. The molecular weight excluding hydrogens is 273 g/mol. The molecule has 0 heterocycles. The maximum Gasteiger partial charge on any atom is 0.239 e. The minimum atomic E-state index is -3.42. The van der Waals surface area contributed by atoms with Crippen molar-refractivity contribution in [1.82, 2.24) is 0 Å². The lowest BCUT2D eigenvalue weighted by atomic mass is 10.2. The number of aliphatic hydroxyl groups is 1. The predicted molar refractivity (Wildman–Crippen MR) is 68.7 cm³/mol. The van der Waals surface area contributed by atoms with E-state index in [4.69, 9.17) is 5.11 Å². The summed E-state index contributed by atoms with van der Waals surface area (Å²) in [7, 11) is -3.42. The molecule has 0 atom stereocenters. The van der Waals surface area contributed by atoms with Crippen LogP contribution in [0.1, 0.15) is 5.56 Å². The number of rotatable bonds is 3. The van der Waals surface area contributed by atoms with Crippen molar-refractivity contribution in [2.75, 3.05) is 23.9 Å². The minimum Gasteiger partial charge on any atom is -0.384 e. The molecule has 0 fully saturated rings. The van der Waals surface area contributed by atoms with Gasteiger partial charge < -0.3 is 10.4 Å². The second-order valence-electron chi connectivity index (χ2n) is 3.77. The molecule has 5 nitrogen and oxygen atoms in total. The highest BCUT2D eigenvalue weighted by Crippen LogP contribution is 2.14. The molecule has 0 aliphatic rings. The highest BCUT2D eigenvalue weighted by molar-refractivity contribution is 7.91. The summed E-state index contributed by atoms with van der Waals surface area (Å²) in [6.07, 6.45) is 0.940. The molecule has 0 radical (unpaired) electrons. The van der Waals surface area contributed by atoms with E-state index < -0.39 is 33.9 Å². The Hall–Kier alpha value is -1.91. The molecule has 1 rings (SSSR count). The van der Waals surface area contributed by atoms with E-state index in [1.807, 2.05) is 0 Å². The van der Waals surface area contributed by atoms with Crippen molar-refractivity contribution >= 4 is 21.4 Å². The summed E-state index contributed by atoms with van der Waals surface area (Å²) in [4.78, 5) is 11.4. The molecule has 1 amide bonds. The van der Waals surface area contributed by atoms with Crippen molar-refractivity contribution in [2.24, 2.45) is 0 Å². The highest BCUT2D eigenvalue weighted by atomic mass is 32.2. The standard InChI is InChI=1S/C12H12FNO4S/c1-19(17,18)8-12(16)14-10-4-5-11(13)9(7-10)3-2-6-15/h4-5,7,15H,6,8H2,1H3,(H,14,16). The number of halogens is 1. The lowest BCUT2D eigenvalue weighted by molar-refractivity contribution is -0.113. The molecule has 0 bridgehead atoms. The Morgan fingerprint density at radius 2 is 2.16 bits per heavy atom. The average molecular weight is 285 g/mol. The summed E-state index contributed by atoms with van der Waals surface area (Å²) in [6, 6.07) is 3.65. The van der Waals surface area contributed by atoms with Gasteiger partial charge in [-0.1, -0.05) is 11.8 Å². The molecule has 2 N–H and O–H groups in total. The molecule has 102 valence electrons. The zero-order valence-electron chi connectivity index (χ0n) is 10.1. The van der Waals surface area contributed by atoms with Crippen LogP contribution in [0.25, 0.3) is 0 Å². The first-order valence-corrected chi connectivity index (χ1v) is 7.25. The maximum absolute atomic E-state index is 13.3. The van der Waals surface area contributed by atoms with Gasteiger partial charge in [0.05, 0.1) is 5.56 Å². The van der Waals surface area contributed by atoms with E-state index in [2.05, 4.69) is 17.2 Å². The Morgan fingerprint density at radius 1 is 1.47 bits per heavy atom. The van der Waals surface area contributed by atoms with Crippen molar-refractivity contribution in [3.63, 3.8) is 0 Å². The second-order valence-corrected chi connectivity index (χ2v) is 5.91. The molecule has 0 aromatic heterocycles. The van der Waals surface area contributed by atoms with Crippen LogP contribution < -0.4 is 5.32 Å². The van der Waals surface area contributed by atoms with E-state index in [0.717, 1.165) is 12.3 Å². The van der Waals surface area contributed by atoms with Crippen LogP contribution in [-0.2, 0) is 14.6 Å². The first-order valence-electron chi connectivity index (χ1n) is 5.18. The monoisotopic (exact) mass is 285 g/mol. The molecule has 19 heavy (non-hydrogen) atoms. The van der Waals surface area contributed by atoms with Gasteiger partial charge in [-0.2, -0.15) is 0 Å². The number of carbonyl (C=O) groups excluding carboxylic acids is 1. The van der Waals surface area contributed by atoms with Crippen molar-refractivity contribution in [1.29, 1.82) is 0 Å². The van der Waals surface area contributed by atoms with Gasteiger partial charge in [-0.15, -0.1) is 0 Å². The first kappa shape index (κ1) is 15.1. The third kappa shape index (κ3) is 5.50. The zero-order valence-corrected chi connectivity index (χ0v) is 10.9. The maximum atomic E-state index is 13.3. The number of amides is 1. The molecule has 1 aromatic carbocycles. The third-order valence-electron chi connectivity index (χ3n) is 1.95. The quantitative estimate of drug-likeness (QED) is 0.775. The molecule has 0 saturated carbocycles. The fourth-order valence-corrected chi connectivity index (χ4v) is 1.82. The third-order valence-corrected chi connectivity index (χ3v) is 2.73. The molecule has 0 aliphatic carbocycles. The Morgan fingerprint density at radius 3 is 2.74 bits per heavy atom. The molecule has 1 aromatic rings. The van der Waals surface area contributed by atoms with Crippen LogP contribution in [0.2, 0.25) is 0 Å². The Balaban J connectivity index is 2.88. The van der Waals surface area contributed by atoms with Gasteiger partial charge in [0, 0.05) is 11.9 Å². The van der Waals surface area contributed by atoms with E-state index >= 15 is 0 Å². The molecule has 0 unspecified atom stereocenters. The molecule has 0 spiro atoms. The number of benzene rings is 1. The van der Waals surface area contributed by atoms with E-state index in [9.17, 15) is 17.6 Å². The number of anilines is 1. The van der Waals surface area contributed by atoms with Crippen LogP contribution in [0.5, 0.6) is 0 Å². The summed E-state index contributed by atoms with van der Waals surface area (Å²) >= 11 is 0. The number of carbonyl (C=O) groups is 1. The van der Waals surface area contributed by atoms with E-state index in [1.165, 1.54) is 12.1 Å². The van der Waals surface area contributed by atoms with Gasteiger partial charge >= 0.3 is 0 Å². The normalized spacial score (nSPS) is 10.5. The van der Waals surface area contributed by atoms with Crippen LogP contribution in [0.3, 0.4) is 0 Å². The second kappa shape index (κ2) is 6.31. The average Bonchev–Trinajstić information content (AvgIpc) is 2.27. The molecular formula is C12H12FNO4S. The fraction of sp³-hybridized carbons (Fsp3) is 0.250. The zero-order chi connectivity index (χ0) is 14.5. The van der Waals surface area contributed by atoms with Gasteiger partial charge in [0.25, 0.3) is 0 Å². The number of hydrogen-bond donors (Lipinski definition) is 2. The van der Waals surface area contributed by atoms with E-state index in [1.54, 1.807) is 0 Å². The smallest absolute Gasteiger partial charge is 0.239 e. The molecule has 0 saturated heterocycles. The number of aliphatic hydroxyl groups excluding tert-OH is 1.